The molecule has 1 atom stereocenters. The first kappa shape index (κ1) is 13.9. The Morgan fingerprint density at radius 1 is 1.22 bits per heavy atom. The Morgan fingerprint density at radius 3 is 2.56 bits per heavy atom. The molecule has 0 aromatic heterocycles. The topological polar surface area (TPSA) is 40.5 Å². The van der Waals surface area contributed by atoms with Gasteiger partial charge in [0.15, 0.2) is 0 Å². The monoisotopic (exact) mass is 253 g/mol. The third-order valence-corrected chi connectivity index (χ3v) is 4.59. The van der Waals surface area contributed by atoms with Gasteiger partial charge in [0.2, 0.25) is 0 Å². The molecule has 3 heteroatoms. The maximum atomic E-state index is 11.0. The highest BCUT2D eigenvalue weighted by atomic mass is 16.4. The first-order valence-electron chi connectivity index (χ1n) is 7.42. The van der Waals surface area contributed by atoms with Crippen LogP contribution in [0.4, 0.5) is 0 Å². The molecule has 104 valence electrons. The van der Waals surface area contributed by atoms with Gasteiger partial charge in [-0.15, -0.1) is 0 Å². The fourth-order valence-electron chi connectivity index (χ4n) is 3.16. The third-order valence-electron chi connectivity index (χ3n) is 4.59. The molecule has 2 rings (SSSR count). The molecule has 0 aromatic carbocycles. The molecule has 0 aromatic rings. The standard InChI is InChI=1S/C15H27NO2/c1-15(2)8-3-4-13(7-9-15)16(11-14(17)18)10-12-5-6-12/h12-13H,3-11H2,1-2H3,(H,17,18). The Bertz CT molecular complexity index is 297. The summed E-state index contributed by atoms with van der Waals surface area (Å²) < 4.78 is 0. The Balaban J connectivity index is 1.93. The number of hydrogen-bond acceptors (Lipinski definition) is 2. The lowest BCUT2D eigenvalue weighted by atomic mass is 9.85. The molecule has 0 aliphatic heterocycles. The van der Waals surface area contributed by atoms with E-state index in [1.54, 1.807) is 0 Å². The summed E-state index contributed by atoms with van der Waals surface area (Å²) >= 11 is 0. The number of hydrogen-bond donors (Lipinski definition) is 1. The van der Waals surface area contributed by atoms with Crippen LogP contribution < -0.4 is 0 Å². The van der Waals surface area contributed by atoms with Gasteiger partial charge in [0, 0.05) is 12.6 Å². The molecule has 3 nitrogen and oxygen atoms in total. The van der Waals surface area contributed by atoms with Crippen LogP contribution in [0.1, 0.15) is 58.8 Å². The van der Waals surface area contributed by atoms with Crippen molar-refractivity contribution in [1.82, 2.24) is 4.90 Å². The fraction of sp³-hybridized carbons (Fsp3) is 0.933. The van der Waals surface area contributed by atoms with Crippen molar-refractivity contribution in [3.63, 3.8) is 0 Å². The quantitative estimate of drug-likeness (QED) is 0.765. The van der Waals surface area contributed by atoms with Gasteiger partial charge in [-0.25, -0.2) is 0 Å². The highest BCUT2D eigenvalue weighted by molar-refractivity contribution is 5.69. The summed E-state index contributed by atoms with van der Waals surface area (Å²) in [7, 11) is 0. The summed E-state index contributed by atoms with van der Waals surface area (Å²) in [5.74, 6) is 0.111. The van der Waals surface area contributed by atoms with Gasteiger partial charge in [-0.05, 0) is 49.9 Å². The zero-order valence-electron chi connectivity index (χ0n) is 11.8. The molecule has 0 bridgehead atoms. The summed E-state index contributed by atoms with van der Waals surface area (Å²) in [6, 6.07) is 0.503. The molecule has 1 unspecified atom stereocenters. The Kier molecular flexibility index (Phi) is 4.31. The van der Waals surface area contributed by atoms with Crippen LogP contribution in [0.3, 0.4) is 0 Å². The maximum absolute atomic E-state index is 11.0. The highest BCUT2D eigenvalue weighted by Crippen LogP contribution is 2.37. The van der Waals surface area contributed by atoms with Gasteiger partial charge >= 0.3 is 5.97 Å². The van der Waals surface area contributed by atoms with Crippen LogP contribution in [-0.4, -0.2) is 35.1 Å². The van der Waals surface area contributed by atoms with Crippen LogP contribution in [-0.2, 0) is 4.79 Å². The molecule has 0 heterocycles. The molecule has 0 radical (unpaired) electrons. The second kappa shape index (κ2) is 5.60. The van der Waals surface area contributed by atoms with Crippen molar-refractivity contribution in [3.05, 3.63) is 0 Å². The summed E-state index contributed by atoms with van der Waals surface area (Å²) in [5.41, 5.74) is 0.448. The minimum Gasteiger partial charge on any atom is -0.480 e. The van der Waals surface area contributed by atoms with Crippen molar-refractivity contribution in [2.75, 3.05) is 13.1 Å². The van der Waals surface area contributed by atoms with E-state index < -0.39 is 5.97 Å². The first-order valence-corrected chi connectivity index (χ1v) is 7.42. The minimum absolute atomic E-state index is 0.238. The molecule has 1 N–H and O–H groups in total. The number of nitrogens with zero attached hydrogens (tertiary/aromatic N) is 1. The van der Waals surface area contributed by atoms with E-state index in [4.69, 9.17) is 5.11 Å². The van der Waals surface area contributed by atoms with E-state index in [2.05, 4.69) is 18.7 Å². The molecular weight excluding hydrogens is 226 g/mol. The van der Waals surface area contributed by atoms with Gasteiger partial charge in [0.1, 0.15) is 0 Å². The number of rotatable bonds is 5. The lowest BCUT2D eigenvalue weighted by Gasteiger charge is -2.30. The van der Waals surface area contributed by atoms with Crippen LogP contribution in [0.2, 0.25) is 0 Å². The lowest BCUT2D eigenvalue weighted by molar-refractivity contribution is -0.139. The van der Waals surface area contributed by atoms with E-state index in [0.717, 1.165) is 12.5 Å². The molecule has 0 saturated heterocycles. The van der Waals surface area contributed by atoms with Crippen molar-refractivity contribution < 1.29 is 9.90 Å². The second-order valence-corrected chi connectivity index (χ2v) is 7.02. The average molecular weight is 253 g/mol. The number of carboxylic acid groups (broad SMARTS) is 1. The van der Waals surface area contributed by atoms with E-state index in [0.29, 0.717) is 11.5 Å². The number of carboxylic acids is 1. The van der Waals surface area contributed by atoms with Gasteiger partial charge in [-0.2, -0.15) is 0 Å². The molecule has 2 aliphatic rings. The van der Waals surface area contributed by atoms with Crippen molar-refractivity contribution in [2.45, 2.75) is 64.8 Å². The molecule has 0 amide bonds. The van der Waals surface area contributed by atoms with Crippen molar-refractivity contribution in [2.24, 2.45) is 11.3 Å². The maximum Gasteiger partial charge on any atom is 0.317 e. The third kappa shape index (κ3) is 4.27. The molecule has 18 heavy (non-hydrogen) atoms. The molecular formula is C15H27NO2. The van der Waals surface area contributed by atoms with Gasteiger partial charge in [-0.1, -0.05) is 20.3 Å². The molecule has 2 fully saturated rings. The molecule has 2 saturated carbocycles. The normalized spacial score (nSPS) is 28.1. The number of aliphatic carboxylic acids is 1. The predicted molar refractivity (Wildman–Crippen MR) is 72.6 cm³/mol. The highest BCUT2D eigenvalue weighted by Gasteiger charge is 2.32. The fourth-order valence-corrected chi connectivity index (χ4v) is 3.16. The van der Waals surface area contributed by atoms with Crippen LogP contribution >= 0.6 is 0 Å². The van der Waals surface area contributed by atoms with Gasteiger partial charge in [-0.3, -0.25) is 9.69 Å². The summed E-state index contributed by atoms with van der Waals surface area (Å²) in [6.07, 6.45) is 8.73. The summed E-state index contributed by atoms with van der Waals surface area (Å²) in [5, 5.41) is 9.08. The summed E-state index contributed by atoms with van der Waals surface area (Å²) in [6.45, 7) is 5.94. The van der Waals surface area contributed by atoms with Crippen LogP contribution in [0.15, 0.2) is 0 Å². The Hall–Kier alpha value is -0.570. The minimum atomic E-state index is -0.667. The Labute approximate surface area is 111 Å². The van der Waals surface area contributed by atoms with Gasteiger partial charge in [0.05, 0.1) is 6.54 Å². The van der Waals surface area contributed by atoms with Crippen LogP contribution in [0.25, 0.3) is 0 Å². The van der Waals surface area contributed by atoms with Crippen molar-refractivity contribution in [3.8, 4) is 0 Å². The predicted octanol–water partition coefficient (Wildman–Crippen LogP) is 3.14. The second-order valence-electron chi connectivity index (χ2n) is 7.02. The Morgan fingerprint density at radius 2 is 1.94 bits per heavy atom. The van der Waals surface area contributed by atoms with E-state index in [9.17, 15) is 4.79 Å². The van der Waals surface area contributed by atoms with E-state index >= 15 is 0 Å². The zero-order chi connectivity index (χ0) is 13.2. The van der Waals surface area contributed by atoms with Crippen molar-refractivity contribution in [1.29, 1.82) is 0 Å². The van der Waals surface area contributed by atoms with E-state index in [1.807, 2.05) is 0 Å². The largest absolute Gasteiger partial charge is 0.480 e. The van der Waals surface area contributed by atoms with Gasteiger partial charge in [0.25, 0.3) is 0 Å². The smallest absolute Gasteiger partial charge is 0.317 e. The van der Waals surface area contributed by atoms with Crippen LogP contribution in [0, 0.1) is 11.3 Å². The zero-order valence-corrected chi connectivity index (χ0v) is 11.8. The molecule has 0 spiro atoms. The summed E-state index contributed by atoms with van der Waals surface area (Å²) in [4.78, 5) is 13.3. The van der Waals surface area contributed by atoms with E-state index in [1.165, 1.54) is 44.9 Å². The van der Waals surface area contributed by atoms with E-state index in [-0.39, 0.29) is 6.54 Å². The average Bonchev–Trinajstić information content (AvgIpc) is 3.05. The van der Waals surface area contributed by atoms with Crippen LogP contribution in [0.5, 0.6) is 0 Å². The van der Waals surface area contributed by atoms with Crippen molar-refractivity contribution >= 4 is 5.97 Å². The van der Waals surface area contributed by atoms with Gasteiger partial charge < -0.3 is 5.11 Å². The SMILES string of the molecule is CC1(C)CCCC(N(CC(=O)O)CC2CC2)CC1. The molecule has 2 aliphatic carbocycles. The number of carbonyl (C=O) groups is 1. The first-order chi connectivity index (χ1) is 8.46. The lowest BCUT2D eigenvalue weighted by Crippen LogP contribution is -2.40.